The highest BCUT2D eigenvalue weighted by atomic mass is 16.5. The van der Waals surface area contributed by atoms with Crippen LogP contribution in [0.1, 0.15) is 46.5 Å². The number of rotatable bonds is 9. The lowest BCUT2D eigenvalue weighted by atomic mass is 10.0. The summed E-state index contributed by atoms with van der Waals surface area (Å²) in [5.74, 6) is 1.64. The molecule has 1 aromatic rings. The van der Waals surface area contributed by atoms with Gasteiger partial charge in [0.05, 0.1) is 18.9 Å². The van der Waals surface area contributed by atoms with E-state index in [9.17, 15) is 0 Å². The number of pyridine rings is 1. The van der Waals surface area contributed by atoms with E-state index < -0.39 is 0 Å². The lowest BCUT2D eigenvalue weighted by Crippen LogP contribution is -2.12. The predicted molar refractivity (Wildman–Crippen MR) is 78.6 cm³/mol. The number of anilines is 1. The zero-order chi connectivity index (χ0) is 14.1. The summed E-state index contributed by atoms with van der Waals surface area (Å²) >= 11 is 0. The van der Waals surface area contributed by atoms with Crippen LogP contribution in [0.25, 0.3) is 0 Å². The van der Waals surface area contributed by atoms with E-state index in [4.69, 9.17) is 15.2 Å². The van der Waals surface area contributed by atoms with Crippen molar-refractivity contribution in [2.24, 2.45) is 5.92 Å². The van der Waals surface area contributed by atoms with Crippen LogP contribution in [0, 0.1) is 5.92 Å². The van der Waals surface area contributed by atoms with Gasteiger partial charge in [0.25, 0.3) is 0 Å². The zero-order valence-electron chi connectivity index (χ0n) is 12.3. The van der Waals surface area contributed by atoms with E-state index in [1.165, 1.54) is 19.3 Å². The quantitative estimate of drug-likeness (QED) is 0.741. The highest BCUT2D eigenvalue weighted by Crippen LogP contribution is 2.23. The Labute approximate surface area is 116 Å². The van der Waals surface area contributed by atoms with Gasteiger partial charge in [-0.15, -0.1) is 0 Å². The van der Waals surface area contributed by atoms with Gasteiger partial charge in [0, 0.05) is 6.07 Å². The van der Waals surface area contributed by atoms with E-state index in [1.807, 2.05) is 6.92 Å². The number of nitrogen functional groups attached to an aromatic ring is 1. The molecule has 1 aromatic heterocycles. The first-order valence-corrected chi connectivity index (χ1v) is 7.23. The number of unbranched alkanes of at least 4 members (excludes halogenated alkanes) is 1. The lowest BCUT2D eigenvalue weighted by Gasteiger charge is -2.15. The topological polar surface area (TPSA) is 57.4 Å². The van der Waals surface area contributed by atoms with Gasteiger partial charge >= 0.3 is 0 Å². The van der Waals surface area contributed by atoms with E-state index in [0.717, 1.165) is 6.42 Å². The van der Waals surface area contributed by atoms with Crippen molar-refractivity contribution < 1.29 is 9.47 Å². The van der Waals surface area contributed by atoms with Gasteiger partial charge in [0.1, 0.15) is 0 Å². The number of aromatic nitrogens is 1. The monoisotopic (exact) mass is 266 g/mol. The summed E-state index contributed by atoms with van der Waals surface area (Å²) in [6.07, 6.45) is 4.82. The normalized spacial score (nSPS) is 12.2. The molecule has 1 heterocycles. The minimum Gasteiger partial charge on any atom is -0.477 e. The van der Waals surface area contributed by atoms with Crippen LogP contribution in [0.15, 0.2) is 12.1 Å². The molecule has 1 atom stereocenters. The van der Waals surface area contributed by atoms with Gasteiger partial charge in [-0.1, -0.05) is 33.1 Å². The molecule has 0 bridgehead atoms. The summed E-state index contributed by atoms with van der Waals surface area (Å²) in [6.45, 7) is 7.58. The van der Waals surface area contributed by atoms with E-state index in [-0.39, 0.29) is 0 Å². The maximum atomic E-state index is 5.78. The molecule has 0 radical (unpaired) electrons. The summed E-state index contributed by atoms with van der Waals surface area (Å²) in [5.41, 5.74) is 6.33. The summed E-state index contributed by atoms with van der Waals surface area (Å²) in [5, 5.41) is 0. The molecule has 4 nitrogen and oxygen atoms in total. The van der Waals surface area contributed by atoms with Crippen LogP contribution in [0.3, 0.4) is 0 Å². The fraction of sp³-hybridized carbons (Fsp3) is 0.667. The molecule has 0 aliphatic carbocycles. The molecular formula is C15H26N2O2. The Morgan fingerprint density at radius 1 is 1.21 bits per heavy atom. The van der Waals surface area contributed by atoms with Crippen molar-refractivity contribution in [2.75, 3.05) is 18.9 Å². The van der Waals surface area contributed by atoms with E-state index in [0.29, 0.717) is 36.6 Å². The second kappa shape index (κ2) is 8.62. The van der Waals surface area contributed by atoms with Crippen LogP contribution in [0.4, 0.5) is 5.69 Å². The first-order valence-electron chi connectivity index (χ1n) is 7.23. The van der Waals surface area contributed by atoms with E-state index in [1.54, 1.807) is 12.1 Å². The number of nitrogens with two attached hydrogens (primary N) is 1. The number of hydrogen-bond acceptors (Lipinski definition) is 4. The Morgan fingerprint density at radius 2 is 2.00 bits per heavy atom. The molecule has 1 unspecified atom stereocenters. The summed E-state index contributed by atoms with van der Waals surface area (Å²) in [7, 11) is 0. The molecular weight excluding hydrogens is 240 g/mol. The fourth-order valence-electron chi connectivity index (χ4n) is 1.87. The Morgan fingerprint density at radius 3 is 2.63 bits per heavy atom. The Hall–Kier alpha value is -1.45. The van der Waals surface area contributed by atoms with Crippen LogP contribution in [0.5, 0.6) is 11.8 Å². The lowest BCUT2D eigenvalue weighted by molar-refractivity contribution is 0.222. The zero-order valence-corrected chi connectivity index (χ0v) is 12.3. The third kappa shape index (κ3) is 5.37. The Kier molecular flexibility index (Phi) is 7.08. The molecule has 0 aliphatic rings. The van der Waals surface area contributed by atoms with Gasteiger partial charge in [-0.25, -0.2) is 0 Å². The summed E-state index contributed by atoms with van der Waals surface area (Å²) in [6, 6.07) is 3.57. The summed E-state index contributed by atoms with van der Waals surface area (Å²) < 4.78 is 11.1. The van der Waals surface area contributed by atoms with E-state index in [2.05, 4.69) is 18.8 Å². The van der Waals surface area contributed by atoms with Gasteiger partial charge < -0.3 is 15.2 Å². The average molecular weight is 266 g/mol. The minimum absolute atomic E-state index is 0.460. The van der Waals surface area contributed by atoms with Crippen molar-refractivity contribution in [2.45, 2.75) is 46.5 Å². The first-order chi connectivity index (χ1) is 9.21. The molecule has 2 N–H and O–H groups in total. The number of ether oxygens (including phenoxy) is 2. The molecule has 0 aliphatic heterocycles. The average Bonchev–Trinajstić information content (AvgIpc) is 2.42. The predicted octanol–water partition coefficient (Wildman–Crippen LogP) is 3.66. The highest BCUT2D eigenvalue weighted by Gasteiger charge is 2.09. The van der Waals surface area contributed by atoms with Crippen LogP contribution in [-0.2, 0) is 0 Å². The largest absolute Gasteiger partial charge is 0.477 e. The highest BCUT2D eigenvalue weighted by molar-refractivity contribution is 5.49. The maximum absolute atomic E-state index is 5.78. The molecule has 4 heteroatoms. The molecule has 108 valence electrons. The van der Waals surface area contributed by atoms with Crippen molar-refractivity contribution >= 4 is 5.69 Å². The summed E-state index contributed by atoms with van der Waals surface area (Å²) in [4.78, 5) is 4.28. The van der Waals surface area contributed by atoms with E-state index >= 15 is 0 Å². The van der Waals surface area contributed by atoms with Crippen LogP contribution in [-0.4, -0.2) is 18.2 Å². The van der Waals surface area contributed by atoms with Crippen molar-refractivity contribution in [3.63, 3.8) is 0 Å². The van der Waals surface area contributed by atoms with Crippen LogP contribution >= 0.6 is 0 Å². The first kappa shape index (κ1) is 15.6. The minimum atomic E-state index is 0.460. The molecule has 0 fully saturated rings. The fourth-order valence-corrected chi connectivity index (χ4v) is 1.87. The molecule has 0 saturated carbocycles. The molecule has 0 amide bonds. The van der Waals surface area contributed by atoms with Gasteiger partial charge in [-0.05, 0) is 25.3 Å². The molecule has 0 saturated heterocycles. The Bertz CT molecular complexity index is 369. The molecule has 0 aromatic carbocycles. The maximum Gasteiger partial charge on any atom is 0.240 e. The Balaban J connectivity index is 2.54. The van der Waals surface area contributed by atoms with Crippen molar-refractivity contribution in [3.8, 4) is 11.8 Å². The van der Waals surface area contributed by atoms with Crippen molar-refractivity contribution in [3.05, 3.63) is 12.1 Å². The van der Waals surface area contributed by atoms with Crippen molar-refractivity contribution in [1.29, 1.82) is 0 Å². The third-order valence-electron chi connectivity index (χ3n) is 3.16. The second-order valence-corrected chi connectivity index (χ2v) is 4.70. The van der Waals surface area contributed by atoms with Gasteiger partial charge in [0.2, 0.25) is 11.8 Å². The molecule has 19 heavy (non-hydrogen) atoms. The standard InChI is InChI=1S/C15H26N2O2/c1-4-7-8-12(5-2)11-19-14-10-9-13(16)15(17-14)18-6-3/h9-10,12H,4-8,11,16H2,1-3H3. The van der Waals surface area contributed by atoms with Crippen molar-refractivity contribution in [1.82, 2.24) is 4.98 Å². The number of nitrogens with zero attached hydrogens (tertiary/aromatic N) is 1. The van der Waals surface area contributed by atoms with Gasteiger partial charge in [0.15, 0.2) is 0 Å². The van der Waals surface area contributed by atoms with Crippen LogP contribution < -0.4 is 15.2 Å². The second-order valence-electron chi connectivity index (χ2n) is 4.70. The van der Waals surface area contributed by atoms with Gasteiger partial charge in [-0.3, -0.25) is 0 Å². The smallest absolute Gasteiger partial charge is 0.240 e. The molecule has 0 spiro atoms. The molecule has 1 rings (SSSR count). The third-order valence-corrected chi connectivity index (χ3v) is 3.16. The SMILES string of the molecule is CCCCC(CC)COc1ccc(N)c(OCC)n1. The van der Waals surface area contributed by atoms with Gasteiger partial charge in [-0.2, -0.15) is 4.98 Å². The number of hydrogen-bond donors (Lipinski definition) is 1. The van der Waals surface area contributed by atoms with Crippen LogP contribution in [0.2, 0.25) is 0 Å².